The second-order valence-corrected chi connectivity index (χ2v) is 5.42. The Hall–Kier alpha value is -2.95. The van der Waals surface area contributed by atoms with E-state index >= 15 is 0 Å². The molecule has 0 atom stereocenters. The van der Waals surface area contributed by atoms with Crippen LogP contribution in [0.15, 0.2) is 36.5 Å². The van der Waals surface area contributed by atoms with Gasteiger partial charge in [-0.15, -0.1) is 0 Å². The average Bonchev–Trinajstić information content (AvgIpc) is 3.14. The molecule has 108 valence electrons. The molecule has 0 amide bonds. The number of aryl methyl sites for hydroxylation is 1. The van der Waals surface area contributed by atoms with Crippen LogP contribution in [0, 0.1) is 6.92 Å². The van der Waals surface area contributed by atoms with Crippen LogP contribution in [0.2, 0.25) is 0 Å². The van der Waals surface area contributed by atoms with Crippen molar-refractivity contribution in [1.29, 1.82) is 0 Å². The molecule has 2 heterocycles. The van der Waals surface area contributed by atoms with Crippen molar-refractivity contribution in [2.24, 2.45) is 0 Å². The molecule has 2 aromatic heterocycles. The first kappa shape index (κ1) is 12.8. The first-order chi connectivity index (χ1) is 10.8. The molecule has 4 aromatic rings. The van der Waals surface area contributed by atoms with Crippen molar-refractivity contribution in [3.05, 3.63) is 47.8 Å². The summed E-state index contributed by atoms with van der Waals surface area (Å²) in [5.41, 5.74) is 5.98. The zero-order chi connectivity index (χ0) is 15.1. The van der Waals surface area contributed by atoms with Gasteiger partial charge in [-0.3, -0.25) is 10.2 Å². The molecular weight excluding hydrogens is 276 g/mol. The maximum atomic E-state index is 11.0. The number of aromatic nitrogens is 4. The third-order valence-electron chi connectivity index (χ3n) is 3.97. The van der Waals surface area contributed by atoms with Crippen molar-refractivity contribution in [1.82, 2.24) is 20.4 Å². The van der Waals surface area contributed by atoms with Gasteiger partial charge >= 0.3 is 0 Å². The van der Waals surface area contributed by atoms with E-state index in [0.29, 0.717) is 6.42 Å². The van der Waals surface area contributed by atoms with E-state index < -0.39 is 0 Å². The van der Waals surface area contributed by atoms with Crippen molar-refractivity contribution in [3.63, 3.8) is 0 Å². The third kappa shape index (κ3) is 1.83. The largest absolute Gasteiger partial charge is 0.303 e. The number of nitrogens with one attached hydrogen (secondary N) is 2. The quantitative estimate of drug-likeness (QED) is 0.569. The Kier molecular flexibility index (Phi) is 2.79. The van der Waals surface area contributed by atoms with Crippen molar-refractivity contribution in [3.8, 4) is 11.1 Å². The van der Waals surface area contributed by atoms with E-state index in [0.717, 1.165) is 44.9 Å². The fourth-order valence-electron chi connectivity index (χ4n) is 2.87. The highest BCUT2D eigenvalue weighted by atomic mass is 16.1. The fourth-order valence-corrected chi connectivity index (χ4v) is 2.87. The number of benzene rings is 2. The summed E-state index contributed by atoms with van der Waals surface area (Å²) in [6.45, 7) is 2.06. The lowest BCUT2D eigenvalue weighted by atomic mass is 9.97. The molecule has 0 saturated carbocycles. The molecule has 5 heteroatoms. The molecule has 0 bridgehead atoms. The molecule has 2 N–H and O–H groups in total. The molecule has 5 nitrogen and oxygen atoms in total. The van der Waals surface area contributed by atoms with Crippen LogP contribution in [-0.4, -0.2) is 26.7 Å². The van der Waals surface area contributed by atoms with Crippen LogP contribution in [0.3, 0.4) is 0 Å². The second-order valence-electron chi connectivity index (χ2n) is 5.42. The number of aromatic amines is 2. The minimum atomic E-state index is 0.318. The Labute approximate surface area is 126 Å². The van der Waals surface area contributed by atoms with Gasteiger partial charge in [-0.2, -0.15) is 10.2 Å². The van der Waals surface area contributed by atoms with E-state index in [9.17, 15) is 4.79 Å². The number of fused-ring (bicyclic) bond motifs is 3. The van der Waals surface area contributed by atoms with E-state index in [-0.39, 0.29) is 0 Å². The number of nitrogens with zero attached hydrogens (tertiary/aromatic N) is 2. The molecule has 2 aromatic carbocycles. The Bertz CT molecular complexity index is 979. The van der Waals surface area contributed by atoms with Gasteiger partial charge in [-0.25, -0.2) is 0 Å². The molecular formula is C17H14N4O. The van der Waals surface area contributed by atoms with Crippen LogP contribution in [-0.2, 0) is 11.2 Å². The van der Waals surface area contributed by atoms with Crippen molar-refractivity contribution in [2.75, 3.05) is 0 Å². The lowest BCUT2D eigenvalue weighted by Crippen LogP contribution is -1.89. The number of hydrogen-bond acceptors (Lipinski definition) is 3. The van der Waals surface area contributed by atoms with E-state index in [1.807, 2.05) is 0 Å². The summed E-state index contributed by atoms with van der Waals surface area (Å²) >= 11 is 0. The number of carbonyl (C=O) groups excluding carboxylic acids is 1. The summed E-state index contributed by atoms with van der Waals surface area (Å²) in [6, 6.07) is 10.4. The van der Waals surface area contributed by atoms with Crippen LogP contribution in [0.25, 0.3) is 32.9 Å². The van der Waals surface area contributed by atoms with Gasteiger partial charge in [0.15, 0.2) is 0 Å². The van der Waals surface area contributed by atoms with Crippen LogP contribution in [0.1, 0.15) is 11.3 Å². The topological polar surface area (TPSA) is 74.4 Å². The predicted molar refractivity (Wildman–Crippen MR) is 85.7 cm³/mol. The second kappa shape index (κ2) is 4.80. The van der Waals surface area contributed by atoms with Crippen LogP contribution >= 0.6 is 0 Å². The highest BCUT2D eigenvalue weighted by Gasteiger charge is 2.16. The normalized spacial score (nSPS) is 11.3. The van der Waals surface area contributed by atoms with Gasteiger partial charge in [0.1, 0.15) is 11.8 Å². The standard InChI is InChI=1S/C17H14N4O/c1-10-2-4-11(5-3-10)12-8-15-13(9-18-19-15)17-16(12)14(6-7-22)20-21-17/h2-5,7-9H,6H2,1H3,(H,18,19)(H,20,21). The van der Waals surface area contributed by atoms with E-state index in [1.165, 1.54) is 5.56 Å². The van der Waals surface area contributed by atoms with Gasteiger partial charge in [0.05, 0.1) is 17.4 Å². The zero-order valence-electron chi connectivity index (χ0n) is 12.1. The van der Waals surface area contributed by atoms with Crippen molar-refractivity contribution >= 4 is 28.1 Å². The smallest absolute Gasteiger partial charge is 0.125 e. The molecule has 0 saturated heterocycles. The monoisotopic (exact) mass is 290 g/mol. The van der Waals surface area contributed by atoms with E-state index in [1.54, 1.807) is 6.20 Å². The molecule has 0 radical (unpaired) electrons. The lowest BCUT2D eigenvalue weighted by molar-refractivity contribution is -0.107. The molecule has 0 spiro atoms. The summed E-state index contributed by atoms with van der Waals surface area (Å²) in [6.07, 6.45) is 2.98. The lowest BCUT2D eigenvalue weighted by Gasteiger charge is -2.06. The molecule has 4 rings (SSSR count). The molecule has 0 fully saturated rings. The molecule has 0 aliphatic heterocycles. The summed E-state index contributed by atoms with van der Waals surface area (Å²) in [4.78, 5) is 11.0. The van der Waals surface area contributed by atoms with Crippen LogP contribution in [0.4, 0.5) is 0 Å². The van der Waals surface area contributed by atoms with E-state index in [2.05, 4.69) is 57.7 Å². The Morgan fingerprint density at radius 3 is 2.77 bits per heavy atom. The minimum absolute atomic E-state index is 0.318. The number of aldehydes is 1. The van der Waals surface area contributed by atoms with Gasteiger partial charge in [0, 0.05) is 17.2 Å². The molecule has 22 heavy (non-hydrogen) atoms. The molecule has 0 aliphatic carbocycles. The predicted octanol–water partition coefficient (Wildman–Crippen LogP) is 3.16. The summed E-state index contributed by atoms with van der Waals surface area (Å²) in [5.74, 6) is 0. The molecule has 0 unspecified atom stereocenters. The average molecular weight is 290 g/mol. The Morgan fingerprint density at radius 1 is 1.18 bits per heavy atom. The van der Waals surface area contributed by atoms with Crippen molar-refractivity contribution < 1.29 is 4.79 Å². The number of H-pyrrole nitrogens is 2. The summed E-state index contributed by atoms with van der Waals surface area (Å²) in [5, 5.41) is 16.4. The maximum absolute atomic E-state index is 11.0. The van der Waals surface area contributed by atoms with Gasteiger partial charge in [0.2, 0.25) is 0 Å². The SMILES string of the molecule is Cc1ccc(-c2cc3[nH]ncc3c3n[nH]c(CC=O)c23)cc1. The van der Waals surface area contributed by atoms with E-state index in [4.69, 9.17) is 0 Å². The first-order valence-corrected chi connectivity index (χ1v) is 7.11. The summed E-state index contributed by atoms with van der Waals surface area (Å²) < 4.78 is 0. The van der Waals surface area contributed by atoms with Crippen LogP contribution in [0.5, 0.6) is 0 Å². The van der Waals surface area contributed by atoms with Gasteiger partial charge < -0.3 is 4.79 Å². The number of carbonyl (C=O) groups is 1. The number of rotatable bonds is 3. The zero-order valence-corrected chi connectivity index (χ0v) is 12.1. The van der Waals surface area contributed by atoms with Gasteiger partial charge in [-0.1, -0.05) is 29.8 Å². The Balaban J connectivity index is 2.10. The van der Waals surface area contributed by atoms with Crippen LogP contribution < -0.4 is 0 Å². The van der Waals surface area contributed by atoms with Gasteiger partial charge in [-0.05, 0) is 24.1 Å². The summed E-state index contributed by atoms with van der Waals surface area (Å²) in [7, 11) is 0. The van der Waals surface area contributed by atoms with Crippen molar-refractivity contribution in [2.45, 2.75) is 13.3 Å². The Morgan fingerprint density at radius 2 is 2.00 bits per heavy atom. The third-order valence-corrected chi connectivity index (χ3v) is 3.97. The fraction of sp³-hybridized carbons (Fsp3) is 0.118. The highest BCUT2D eigenvalue weighted by molar-refractivity contribution is 6.12. The van der Waals surface area contributed by atoms with Gasteiger partial charge in [0.25, 0.3) is 0 Å². The minimum Gasteiger partial charge on any atom is -0.303 e. The first-order valence-electron chi connectivity index (χ1n) is 7.11. The maximum Gasteiger partial charge on any atom is 0.125 e. The highest BCUT2D eigenvalue weighted by Crippen LogP contribution is 2.35. The molecule has 0 aliphatic rings. The number of hydrogen-bond donors (Lipinski definition) is 2.